The molecule has 0 aliphatic rings. The number of benzene rings is 3. The second-order valence-electron chi connectivity index (χ2n) is 6.68. The van der Waals surface area contributed by atoms with Gasteiger partial charge in [-0.05, 0) is 35.9 Å². The molecule has 0 aliphatic carbocycles. The number of nitrogens with one attached hydrogen (secondary N) is 1. The molecule has 0 saturated carbocycles. The molecule has 0 atom stereocenters. The summed E-state index contributed by atoms with van der Waals surface area (Å²) >= 11 is 0. The number of rotatable bonds is 9. The van der Waals surface area contributed by atoms with E-state index >= 15 is 0 Å². The maximum Gasteiger partial charge on any atom is 0.342 e. The smallest absolute Gasteiger partial charge is 0.342 e. The lowest BCUT2D eigenvalue weighted by molar-refractivity contribution is -0.384. The van der Waals surface area contributed by atoms with E-state index in [1.807, 2.05) is 0 Å². The third-order valence-electron chi connectivity index (χ3n) is 4.42. The molecule has 0 aromatic heterocycles. The molecule has 1 N–H and O–H groups in total. The van der Waals surface area contributed by atoms with Gasteiger partial charge in [-0.3, -0.25) is 14.9 Å². The van der Waals surface area contributed by atoms with Gasteiger partial charge in [0.1, 0.15) is 29.5 Å². The van der Waals surface area contributed by atoms with Crippen LogP contribution in [-0.2, 0) is 16.1 Å². The van der Waals surface area contributed by atoms with E-state index in [0.717, 1.165) is 6.07 Å². The molecule has 0 radical (unpaired) electrons. The van der Waals surface area contributed by atoms with Crippen LogP contribution in [0.15, 0.2) is 66.7 Å². The molecule has 0 heterocycles. The number of halogens is 1. The maximum absolute atomic E-state index is 13.0. The van der Waals surface area contributed by atoms with E-state index in [9.17, 15) is 24.1 Å². The van der Waals surface area contributed by atoms with Gasteiger partial charge in [-0.15, -0.1) is 0 Å². The largest absolute Gasteiger partial charge is 0.494 e. The number of carbonyl (C=O) groups is 2. The zero-order chi connectivity index (χ0) is 23.8. The van der Waals surface area contributed by atoms with Crippen molar-refractivity contribution in [2.75, 3.05) is 19.0 Å². The van der Waals surface area contributed by atoms with Crippen molar-refractivity contribution in [2.45, 2.75) is 6.61 Å². The van der Waals surface area contributed by atoms with Gasteiger partial charge >= 0.3 is 5.97 Å². The molecule has 9 nitrogen and oxygen atoms in total. The van der Waals surface area contributed by atoms with Gasteiger partial charge in [0, 0.05) is 6.07 Å². The van der Waals surface area contributed by atoms with Crippen LogP contribution in [0.4, 0.5) is 15.8 Å². The molecule has 0 aliphatic heterocycles. The van der Waals surface area contributed by atoms with Crippen LogP contribution < -0.4 is 14.8 Å². The number of hydrogen-bond acceptors (Lipinski definition) is 7. The van der Waals surface area contributed by atoms with Crippen molar-refractivity contribution in [1.82, 2.24) is 0 Å². The molecular formula is C23H19FN2O7. The van der Waals surface area contributed by atoms with Crippen LogP contribution in [-0.4, -0.2) is 30.5 Å². The highest BCUT2D eigenvalue weighted by Gasteiger charge is 2.17. The van der Waals surface area contributed by atoms with Crippen molar-refractivity contribution in [3.63, 3.8) is 0 Å². The Morgan fingerprint density at radius 3 is 2.45 bits per heavy atom. The van der Waals surface area contributed by atoms with E-state index in [0.29, 0.717) is 5.56 Å². The lowest BCUT2D eigenvalue weighted by atomic mass is 10.2. The van der Waals surface area contributed by atoms with E-state index in [-0.39, 0.29) is 40.9 Å². The van der Waals surface area contributed by atoms with Crippen molar-refractivity contribution in [2.24, 2.45) is 0 Å². The first-order chi connectivity index (χ1) is 15.9. The fourth-order valence-electron chi connectivity index (χ4n) is 2.79. The number of methoxy groups -OCH3 is 1. The summed E-state index contributed by atoms with van der Waals surface area (Å²) in [5, 5.41) is 13.3. The Labute approximate surface area is 187 Å². The summed E-state index contributed by atoms with van der Waals surface area (Å²) < 4.78 is 28.8. The lowest BCUT2D eigenvalue weighted by Crippen LogP contribution is -2.21. The van der Waals surface area contributed by atoms with Crippen molar-refractivity contribution >= 4 is 23.3 Å². The molecule has 0 saturated heterocycles. The lowest BCUT2D eigenvalue weighted by Gasteiger charge is -2.12. The average Bonchev–Trinajstić information content (AvgIpc) is 2.82. The third kappa shape index (κ3) is 6.26. The highest BCUT2D eigenvalue weighted by molar-refractivity contribution is 5.97. The van der Waals surface area contributed by atoms with E-state index in [2.05, 4.69) is 5.32 Å². The fraction of sp³-hybridized carbons (Fsp3) is 0.130. The topological polar surface area (TPSA) is 117 Å². The quantitative estimate of drug-likeness (QED) is 0.294. The van der Waals surface area contributed by atoms with Gasteiger partial charge < -0.3 is 19.5 Å². The summed E-state index contributed by atoms with van der Waals surface area (Å²) in [6, 6.07) is 15.8. The molecule has 0 bridgehead atoms. The van der Waals surface area contributed by atoms with Gasteiger partial charge in [0.05, 0.1) is 23.8 Å². The fourth-order valence-corrected chi connectivity index (χ4v) is 2.79. The van der Waals surface area contributed by atoms with Crippen LogP contribution in [0, 0.1) is 15.9 Å². The number of hydrogen-bond donors (Lipinski definition) is 1. The number of para-hydroxylation sites is 1. The number of ether oxygens (including phenoxy) is 3. The van der Waals surface area contributed by atoms with Crippen molar-refractivity contribution in [3.8, 4) is 11.5 Å². The van der Waals surface area contributed by atoms with Gasteiger partial charge in [-0.25, -0.2) is 9.18 Å². The maximum atomic E-state index is 13.0. The molecule has 3 rings (SSSR count). The molecule has 0 fully saturated rings. The second kappa shape index (κ2) is 10.7. The average molecular weight is 454 g/mol. The summed E-state index contributed by atoms with van der Waals surface area (Å²) in [4.78, 5) is 35.0. The summed E-state index contributed by atoms with van der Waals surface area (Å²) in [6.07, 6.45) is 0. The first-order valence-corrected chi connectivity index (χ1v) is 9.63. The van der Waals surface area contributed by atoms with E-state index < -0.39 is 23.4 Å². The molecule has 170 valence electrons. The number of carbonyl (C=O) groups excluding carboxylic acids is 2. The highest BCUT2D eigenvalue weighted by Crippen LogP contribution is 2.29. The zero-order valence-electron chi connectivity index (χ0n) is 17.4. The van der Waals surface area contributed by atoms with Crippen LogP contribution in [0.3, 0.4) is 0 Å². The summed E-state index contributed by atoms with van der Waals surface area (Å²) in [5.41, 5.74) is 0.803. The Balaban J connectivity index is 1.60. The Morgan fingerprint density at radius 2 is 1.76 bits per heavy atom. The number of anilines is 1. The van der Waals surface area contributed by atoms with Crippen LogP contribution in [0.25, 0.3) is 0 Å². The van der Waals surface area contributed by atoms with E-state index in [1.54, 1.807) is 30.3 Å². The Hall–Kier alpha value is -4.47. The number of nitro groups is 1. The van der Waals surface area contributed by atoms with Gasteiger partial charge in [0.15, 0.2) is 6.61 Å². The number of non-ortho nitro benzene ring substituents is 1. The standard InChI is InChI=1S/C23H19FN2O7/c1-31-21-12-17(26(29)30)10-11-19(21)25-22(27)14-33-23(28)18-4-2-3-5-20(18)32-13-15-6-8-16(24)9-7-15/h2-12H,13-14H2,1H3,(H,25,27). The number of amides is 1. The molecule has 0 spiro atoms. The van der Waals surface area contributed by atoms with Gasteiger partial charge in [-0.1, -0.05) is 24.3 Å². The predicted molar refractivity (Wildman–Crippen MR) is 116 cm³/mol. The molecule has 33 heavy (non-hydrogen) atoms. The molecule has 3 aromatic carbocycles. The number of nitro benzene ring substituents is 1. The molecule has 3 aromatic rings. The monoisotopic (exact) mass is 454 g/mol. The van der Waals surface area contributed by atoms with Crippen LogP contribution in [0.5, 0.6) is 11.5 Å². The van der Waals surface area contributed by atoms with Crippen molar-refractivity contribution in [1.29, 1.82) is 0 Å². The summed E-state index contributed by atoms with van der Waals surface area (Å²) in [7, 11) is 1.30. The van der Waals surface area contributed by atoms with Crippen LogP contribution in [0.1, 0.15) is 15.9 Å². The highest BCUT2D eigenvalue weighted by atomic mass is 19.1. The molecule has 10 heteroatoms. The van der Waals surface area contributed by atoms with E-state index in [1.165, 1.54) is 37.4 Å². The minimum atomic E-state index is -0.782. The van der Waals surface area contributed by atoms with Crippen molar-refractivity contribution in [3.05, 3.63) is 93.8 Å². The van der Waals surface area contributed by atoms with Gasteiger partial charge in [0.25, 0.3) is 11.6 Å². The van der Waals surface area contributed by atoms with Crippen molar-refractivity contribution < 1.29 is 33.1 Å². The predicted octanol–water partition coefficient (Wildman–Crippen LogP) is 4.12. The third-order valence-corrected chi connectivity index (χ3v) is 4.42. The number of esters is 1. The first kappa shape index (κ1) is 23.2. The summed E-state index contributed by atoms with van der Waals surface area (Å²) in [5.74, 6) is -1.49. The molecule has 1 amide bonds. The Kier molecular flexibility index (Phi) is 7.53. The second-order valence-corrected chi connectivity index (χ2v) is 6.68. The summed E-state index contributed by atoms with van der Waals surface area (Å²) in [6.45, 7) is -0.504. The molecular weight excluding hydrogens is 435 g/mol. The zero-order valence-corrected chi connectivity index (χ0v) is 17.4. The normalized spacial score (nSPS) is 10.2. The Bertz CT molecular complexity index is 1170. The molecule has 0 unspecified atom stereocenters. The van der Waals surface area contributed by atoms with E-state index in [4.69, 9.17) is 14.2 Å². The van der Waals surface area contributed by atoms with Gasteiger partial charge in [0.2, 0.25) is 0 Å². The Morgan fingerprint density at radius 1 is 1.03 bits per heavy atom. The van der Waals surface area contributed by atoms with Crippen LogP contribution >= 0.6 is 0 Å². The first-order valence-electron chi connectivity index (χ1n) is 9.63. The minimum Gasteiger partial charge on any atom is -0.494 e. The number of nitrogens with zero attached hydrogens (tertiary/aromatic N) is 1. The SMILES string of the molecule is COc1cc([N+](=O)[O-])ccc1NC(=O)COC(=O)c1ccccc1OCc1ccc(F)cc1. The minimum absolute atomic E-state index is 0.0865. The van der Waals surface area contributed by atoms with Gasteiger partial charge in [-0.2, -0.15) is 0 Å². The van der Waals surface area contributed by atoms with Crippen LogP contribution in [0.2, 0.25) is 0 Å².